The average Bonchev–Trinajstić information content (AvgIpc) is 2.50. The molecule has 0 spiro atoms. The van der Waals surface area contributed by atoms with Gasteiger partial charge >= 0.3 is 5.97 Å². The van der Waals surface area contributed by atoms with E-state index in [0.29, 0.717) is 0 Å². The van der Waals surface area contributed by atoms with Gasteiger partial charge in [-0.25, -0.2) is 0 Å². The molecule has 0 amide bonds. The molecule has 15 heavy (non-hydrogen) atoms. The van der Waals surface area contributed by atoms with Crippen molar-refractivity contribution in [3.05, 3.63) is 0 Å². The largest absolute Gasteiger partial charge is 0.459 e. The Morgan fingerprint density at radius 1 is 1.13 bits per heavy atom. The highest BCUT2D eigenvalue weighted by molar-refractivity contribution is 5.79. The Hall–Kier alpha value is -0.610. The second-order valence-electron chi connectivity index (χ2n) is 5.55. The monoisotopic (exact) mass is 212 g/mol. The Balaban J connectivity index is 1.90. The molecule has 4 heteroatoms. The average molecular weight is 212 g/mol. The number of hydrogen-bond donors (Lipinski definition) is 0. The van der Waals surface area contributed by atoms with E-state index in [2.05, 4.69) is 0 Å². The van der Waals surface area contributed by atoms with Crippen LogP contribution in [0.2, 0.25) is 0 Å². The third-order valence-electron chi connectivity index (χ3n) is 3.64. The van der Waals surface area contributed by atoms with Crippen LogP contribution in [0.3, 0.4) is 0 Å². The van der Waals surface area contributed by atoms with Crippen molar-refractivity contribution in [2.45, 2.75) is 57.7 Å². The van der Waals surface area contributed by atoms with E-state index in [-0.39, 0.29) is 29.7 Å². The molecule has 3 aliphatic rings. The maximum atomic E-state index is 11.6. The summed E-state index contributed by atoms with van der Waals surface area (Å²) in [6.45, 7) is 5.77. The molecule has 2 bridgehead atoms. The van der Waals surface area contributed by atoms with Crippen LogP contribution in [0.15, 0.2) is 0 Å². The predicted octanol–water partition coefficient (Wildman–Crippen LogP) is 1.23. The van der Waals surface area contributed by atoms with Gasteiger partial charge in [-0.15, -0.1) is 0 Å². The van der Waals surface area contributed by atoms with Crippen molar-refractivity contribution in [3.63, 3.8) is 0 Å². The number of hydrogen-bond acceptors (Lipinski definition) is 4. The maximum absolute atomic E-state index is 11.6. The molecule has 1 saturated carbocycles. The van der Waals surface area contributed by atoms with E-state index in [9.17, 15) is 4.79 Å². The van der Waals surface area contributed by atoms with Crippen LogP contribution in [0.1, 0.15) is 33.6 Å². The van der Waals surface area contributed by atoms with E-state index in [4.69, 9.17) is 14.2 Å². The first-order valence-corrected chi connectivity index (χ1v) is 5.46. The number of fused-ring (bicyclic) bond motifs is 4. The Labute approximate surface area is 88.9 Å². The van der Waals surface area contributed by atoms with E-state index >= 15 is 0 Å². The van der Waals surface area contributed by atoms with Gasteiger partial charge in [0.2, 0.25) is 0 Å². The van der Waals surface area contributed by atoms with Gasteiger partial charge < -0.3 is 14.2 Å². The molecule has 3 fully saturated rings. The summed E-state index contributed by atoms with van der Waals surface area (Å²) < 4.78 is 16.9. The van der Waals surface area contributed by atoms with Gasteiger partial charge in [-0.05, 0) is 27.2 Å². The van der Waals surface area contributed by atoms with E-state index in [1.807, 2.05) is 20.8 Å². The molecule has 0 radical (unpaired) electrons. The Kier molecular flexibility index (Phi) is 1.63. The lowest BCUT2D eigenvalue weighted by atomic mass is 9.74. The summed E-state index contributed by atoms with van der Waals surface area (Å²) in [5.74, 6) is -0.630. The van der Waals surface area contributed by atoms with Crippen LogP contribution >= 0.6 is 0 Å². The van der Waals surface area contributed by atoms with Crippen LogP contribution in [0, 0.1) is 5.41 Å². The van der Waals surface area contributed by atoms with Gasteiger partial charge in [0.05, 0.1) is 11.5 Å². The van der Waals surface area contributed by atoms with Gasteiger partial charge in [0.25, 0.3) is 0 Å². The Bertz CT molecular complexity index is 325. The highest BCUT2D eigenvalue weighted by Crippen LogP contribution is 2.50. The molecule has 1 aliphatic carbocycles. The molecule has 2 heterocycles. The number of esters is 1. The second-order valence-corrected chi connectivity index (χ2v) is 5.55. The molecular weight excluding hydrogens is 196 g/mol. The first-order valence-electron chi connectivity index (χ1n) is 5.46. The zero-order chi connectivity index (χ0) is 10.8. The third-order valence-corrected chi connectivity index (χ3v) is 3.64. The van der Waals surface area contributed by atoms with Crippen LogP contribution in [0.5, 0.6) is 0 Å². The summed E-state index contributed by atoms with van der Waals surface area (Å²) in [7, 11) is 0. The quantitative estimate of drug-likeness (QED) is 0.566. The Morgan fingerprint density at radius 2 is 1.80 bits per heavy atom. The fourth-order valence-electron chi connectivity index (χ4n) is 2.98. The van der Waals surface area contributed by atoms with Crippen molar-refractivity contribution >= 4 is 5.97 Å². The fraction of sp³-hybridized carbons (Fsp3) is 0.909. The molecule has 0 aromatic carbocycles. The molecule has 0 N–H and O–H groups in total. The summed E-state index contributed by atoms with van der Waals surface area (Å²) in [5, 5.41) is 0. The first-order chi connectivity index (χ1) is 6.90. The highest BCUT2D eigenvalue weighted by atomic mass is 16.8. The molecule has 4 atom stereocenters. The number of ether oxygens (including phenoxy) is 3. The van der Waals surface area contributed by atoms with Crippen molar-refractivity contribution in [3.8, 4) is 0 Å². The highest BCUT2D eigenvalue weighted by Gasteiger charge is 2.60. The van der Waals surface area contributed by atoms with Gasteiger partial charge in [-0.3, -0.25) is 4.79 Å². The van der Waals surface area contributed by atoms with Crippen LogP contribution in [0.4, 0.5) is 0 Å². The molecule has 0 unspecified atom stereocenters. The van der Waals surface area contributed by atoms with E-state index in [1.54, 1.807) is 0 Å². The lowest BCUT2D eigenvalue weighted by Gasteiger charge is -2.30. The zero-order valence-corrected chi connectivity index (χ0v) is 9.28. The summed E-state index contributed by atoms with van der Waals surface area (Å²) in [6.07, 6.45) is 1.32. The van der Waals surface area contributed by atoms with E-state index in [0.717, 1.165) is 12.8 Å². The van der Waals surface area contributed by atoms with Crippen LogP contribution in [0.25, 0.3) is 0 Å². The minimum absolute atomic E-state index is 0.00944. The fourth-order valence-corrected chi connectivity index (χ4v) is 2.98. The minimum Gasteiger partial charge on any atom is -0.459 e. The smallest absolute Gasteiger partial charge is 0.312 e. The van der Waals surface area contributed by atoms with Crippen molar-refractivity contribution < 1.29 is 19.0 Å². The lowest BCUT2D eigenvalue weighted by molar-refractivity contribution is -0.168. The van der Waals surface area contributed by atoms with E-state index < -0.39 is 5.79 Å². The molecule has 2 saturated heterocycles. The maximum Gasteiger partial charge on any atom is 0.312 e. The summed E-state index contributed by atoms with van der Waals surface area (Å²) in [5.41, 5.74) is -0.352. The minimum atomic E-state index is -0.539. The summed E-state index contributed by atoms with van der Waals surface area (Å²) in [4.78, 5) is 11.6. The molecular formula is C11H16O4. The number of rotatable bonds is 0. The standard InChI is InChI=1S/C11H16O4/c1-10(2)14-7-5-11(3)4-6(8(7)15-10)13-9(11)12/h6-8H,4-5H2,1-3H3/t6-,7+,8-,11-/m0/s1. The number of carbonyl (C=O) groups is 1. The molecule has 2 aliphatic heterocycles. The van der Waals surface area contributed by atoms with Gasteiger partial charge in [-0.2, -0.15) is 0 Å². The Morgan fingerprint density at radius 3 is 2.53 bits per heavy atom. The molecule has 4 nitrogen and oxygen atoms in total. The van der Waals surface area contributed by atoms with Crippen molar-refractivity contribution in [2.24, 2.45) is 5.41 Å². The molecule has 84 valence electrons. The SMILES string of the molecule is CC1(C)O[C@H]2[C@@H]3C[C@@](C)(C[C@H]2O1)C(=O)O3. The van der Waals surface area contributed by atoms with Crippen LogP contribution in [-0.4, -0.2) is 30.1 Å². The normalized spacial score (nSPS) is 51.4. The first kappa shape index (κ1) is 9.60. The van der Waals surface area contributed by atoms with Crippen molar-refractivity contribution in [1.29, 1.82) is 0 Å². The zero-order valence-electron chi connectivity index (χ0n) is 9.28. The van der Waals surface area contributed by atoms with Gasteiger partial charge in [0, 0.05) is 6.42 Å². The third kappa shape index (κ3) is 1.24. The van der Waals surface area contributed by atoms with Crippen LogP contribution in [-0.2, 0) is 19.0 Å². The molecule has 0 aromatic heterocycles. The van der Waals surface area contributed by atoms with Gasteiger partial charge in [0.1, 0.15) is 12.2 Å². The topological polar surface area (TPSA) is 44.8 Å². The summed E-state index contributed by atoms with van der Waals surface area (Å²) >= 11 is 0. The van der Waals surface area contributed by atoms with Crippen molar-refractivity contribution in [2.75, 3.05) is 0 Å². The van der Waals surface area contributed by atoms with Crippen LogP contribution < -0.4 is 0 Å². The van der Waals surface area contributed by atoms with Gasteiger partial charge in [0.15, 0.2) is 5.79 Å². The van der Waals surface area contributed by atoms with Gasteiger partial charge in [-0.1, -0.05) is 0 Å². The predicted molar refractivity (Wildman–Crippen MR) is 51.0 cm³/mol. The summed E-state index contributed by atoms with van der Waals surface area (Å²) in [6, 6.07) is 0. The van der Waals surface area contributed by atoms with E-state index in [1.165, 1.54) is 0 Å². The molecule has 3 rings (SSSR count). The molecule has 0 aromatic rings. The lowest BCUT2D eigenvalue weighted by Crippen LogP contribution is -2.42. The van der Waals surface area contributed by atoms with Crippen molar-refractivity contribution in [1.82, 2.24) is 0 Å². The number of carbonyl (C=O) groups excluding carboxylic acids is 1. The second kappa shape index (κ2) is 2.55.